The molecule has 1 amide bonds. The topological polar surface area (TPSA) is 41.6 Å². The number of amides is 1. The van der Waals surface area contributed by atoms with Gasteiger partial charge in [-0.1, -0.05) is 0 Å². The molecule has 2 aliphatic rings. The summed E-state index contributed by atoms with van der Waals surface area (Å²) in [5.41, 5.74) is 0. The Morgan fingerprint density at radius 1 is 1.31 bits per heavy atom. The largest absolute Gasteiger partial charge is 0.372 e. The van der Waals surface area contributed by atoms with Gasteiger partial charge in [0.2, 0.25) is 5.91 Å². The molecule has 1 atom stereocenters. The van der Waals surface area contributed by atoms with E-state index in [1.165, 1.54) is 12.8 Å². The molecule has 1 aliphatic carbocycles. The van der Waals surface area contributed by atoms with Crippen LogP contribution in [0.3, 0.4) is 0 Å². The van der Waals surface area contributed by atoms with Gasteiger partial charge >= 0.3 is 0 Å². The van der Waals surface area contributed by atoms with Crippen molar-refractivity contribution < 1.29 is 9.53 Å². The number of carbonyl (C=O) groups excluding carboxylic acids is 1. The zero-order valence-corrected chi connectivity index (χ0v) is 10.2. The van der Waals surface area contributed by atoms with Crippen LogP contribution >= 0.6 is 0 Å². The summed E-state index contributed by atoms with van der Waals surface area (Å²) in [5, 5.41) is 3.06. The molecule has 1 unspecified atom stereocenters. The fourth-order valence-corrected chi connectivity index (χ4v) is 2.27. The molecular formula is C12H22N2O2. The molecule has 0 spiro atoms. The Hall–Kier alpha value is -0.610. The van der Waals surface area contributed by atoms with Gasteiger partial charge in [0.25, 0.3) is 0 Å². The van der Waals surface area contributed by atoms with Crippen LogP contribution in [0.25, 0.3) is 0 Å². The van der Waals surface area contributed by atoms with Gasteiger partial charge in [-0.2, -0.15) is 0 Å². The fraction of sp³-hybridized carbons (Fsp3) is 0.917. The van der Waals surface area contributed by atoms with Crippen molar-refractivity contribution in [2.24, 2.45) is 0 Å². The molecule has 1 saturated heterocycles. The molecule has 4 heteroatoms. The van der Waals surface area contributed by atoms with E-state index in [0.29, 0.717) is 6.04 Å². The molecule has 1 N–H and O–H groups in total. The standard InChI is InChI=1S/C12H22N2O2/c1-9(16-2)12(15)13-10-5-7-14(8-6-10)11-3-4-11/h9-11H,3-8H2,1-2H3,(H,13,15). The number of likely N-dealkylation sites (tertiary alicyclic amines) is 1. The minimum atomic E-state index is -0.332. The van der Waals surface area contributed by atoms with Crippen molar-refractivity contribution in [3.05, 3.63) is 0 Å². The van der Waals surface area contributed by atoms with E-state index in [2.05, 4.69) is 10.2 Å². The van der Waals surface area contributed by atoms with Crippen molar-refractivity contribution in [3.8, 4) is 0 Å². The maximum atomic E-state index is 11.6. The zero-order chi connectivity index (χ0) is 11.5. The van der Waals surface area contributed by atoms with Crippen molar-refractivity contribution in [1.82, 2.24) is 10.2 Å². The highest BCUT2D eigenvalue weighted by Crippen LogP contribution is 2.29. The molecule has 1 heterocycles. The average Bonchev–Trinajstić information content (AvgIpc) is 3.13. The second kappa shape index (κ2) is 5.15. The lowest BCUT2D eigenvalue weighted by atomic mass is 10.0. The molecule has 4 nitrogen and oxygen atoms in total. The second-order valence-electron chi connectivity index (χ2n) is 4.93. The Bertz CT molecular complexity index is 245. The van der Waals surface area contributed by atoms with Crippen molar-refractivity contribution in [1.29, 1.82) is 0 Å². The summed E-state index contributed by atoms with van der Waals surface area (Å²) in [6.45, 7) is 4.06. The van der Waals surface area contributed by atoms with E-state index in [0.717, 1.165) is 32.0 Å². The lowest BCUT2D eigenvalue weighted by Gasteiger charge is -2.32. The first kappa shape index (κ1) is 11.9. The molecule has 0 radical (unpaired) electrons. The first-order valence-electron chi connectivity index (χ1n) is 6.28. The summed E-state index contributed by atoms with van der Waals surface area (Å²) in [5.74, 6) is 0.0207. The lowest BCUT2D eigenvalue weighted by molar-refractivity contribution is -0.131. The molecule has 1 aliphatic heterocycles. The molecule has 1 saturated carbocycles. The van der Waals surface area contributed by atoms with Gasteiger partial charge in [-0.15, -0.1) is 0 Å². The Kier molecular flexibility index (Phi) is 3.82. The van der Waals surface area contributed by atoms with Gasteiger partial charge in [0, 0.05) is 32.3 Å². The van der Waals surface area contributed by atoms with E-state index >= 15 is 0 Å². The normalized spacial score (nSPS) is 25.4. The number of rotatable bonds is 4. The SMILES string of the molecule is COC(C)C(=O)NC1CCN(C2CC2)CC1. The Morgan fingerprint density at radius 3 is 2.44 bits per heavy atom. The molecule has 0 aromatic rings. The first-order chi connectivity index (χ1) is 7.70. The van der Waals surface area contributed by atoms with E-state index in [-0.39, 0.29) is 12.0 Å². The quantitative estimate of drug-likeness (QED) is 0.769. The molecule has 2 fully saturated rings. The Balaban J connectivity index is 1.70. The van der Waals surface area contributed by atoms with Gasteiger partial charge in [0.05, 0.1) is 0 Å². The Labute approximate surface area is 97.3 Å². The fourth-order valence-electron chi connectivity index (χ4n) is 2.27. The van der Waals surface area contributed by atoms with Crippen LogP contribution in [0.15, 0.2) is 0 Å². The average molecular weight is 226 g/mol. The molecule has 92 valence electrons. The summed E-state index contributed by atoms with van der Waals surface area (Å²) in [7, 11) is 1.57. The van der Waals surface area contributed by atoms with Crippen LogP contribution in [-0.4, -0.2) is 49.2 Å². The number of carbonyl (C=O) groups is 1. The maximum absolute atomic E-state index is 11.6. The third-order valence-corrected chi connectivity index (χ3v) is 3.66. The van der Waals surface area contributed by atoms with Gasteiger partial charge in [0.15, 0.2) is 0 Å². The number of nitrogens with zero attached hydrogens (tertiary/aromatic N) is 1. The number of nitrogens with one attached hydrogen (secondary N) is 1. The van der Waals surface area contributed by atoms with Crippen LogP contribution < -0.4 is 5.32 Å². The third-order valence-electron chi connectivity index (χ3n) is 3.66. The molecule has 16 heavy (non-hydrogen) atoms. The monoisotopic (exact) mass is 226 g/mol. The highest BCUT2D eigenvalue weighted by atomic mass is 16.5. The minimum absolute atomic E-state index is 0.0207. The smallest absolute Gasteiger partial charge is 0.249 e. The van der Waals surface area contributed by atoms with Crippen LogP contribution in [0.1, 0.15) is 32.6 Å². The van der Waals surface area contributed by atoms with Crippen molar-refractivity contribution >= 4 is 5.91 Å². The zero-order valence-electron chi connectivity index (χ0n) is 10.2. The van der Waals surface area contributed by atoms with Gasteiger partial charge in [-0.3, -0.25) is 4.79 Å². The minimum Gasteiger partial charge on any atom is -0.372 e. The number of piperidine rings is 1. The van der Waals surface area contributed by atoms with Gasteiger partial charge < -0.3 is 15.0 Å². The highest BCUT2D eigenvalue weighted by Gasteiger charge is 2.32. The van der Waals surface area contributed by atoms with Gasteiger partial charge in [-0.05, 0) is 32.6 Å². The van der Waals surface area contributed by atoms with Crippen molar-refractivity contribution in [3.63, 3.8) is 0 Å². The summed E-state index contributed by atoms with van der Waals surface area (Å²) < 4.78 is 5.00. The predicted octanol–water partition coefficient (Wildman–Crippen LogP) is 0.764. The van der Waals surface area contributed by atoms with Crippen molar-refractivity contribution in [2.45, 2.75) is 50.8 Å². The maximum Gasteiger partial charge on any atom is 0.249 e. The highest BCUT2D eigenvalue weighted by molar-refractivity contribution is 5.80. The van der Waals surface area contributed by atoms with E-state index in [4.69, 9.17) is 4.74 Å². The van der Waals surface area contributed by atoms with E-state index in [9.17, 15) is 4.79 Å². The lowest BCUT2D eigenvalue weighted by Crippen LogP contribution is -2.47. The van der Waals surface area contributed by atoms with Gasteiger partial charge in [-0.25, -0.2) is 0 Å². The summed E-state index contributed by atoms with van der Waals surface area (Å²) in [6.07, 6.45) is 4.58. The van der Waals surface area contributed by atoms with Crippen LogP contribution in [0.5, 0.6) is 0 Å². The van der Waals surface area contributed by atoms with E-state index in [1.54, 1.807) is 14.0 Å². The molecule has 0 bridgehead atoms. The van der Waals surface area contributed by atoms with E-state index in [1.807, 2.05) is 0 Å². The summed E-state index contributed by atoms with van der Waals surface area (Å²) in [4.78, 5) is 14.2. The number of hydrogen-bond donors (Lipinski definition) is 1. The molecular weight excluding hydrogens is 204 g/mol. The first-order valence-corrected chi connectivity index (χ1v) is 6.28. The van der Waals surface area contributed by atoms with Crippen LogP contribution in [-0.2, 0) is 9.53 Å². The van der Waals surface area contributed by atoms with Crippen LogP contribution in [0, 0.1) is 0 Å². The Morgan fingerprint density at radius 2 is 1.94 bits per heavy atom. The van der Waals surface area contributed by atoms with Crippen LogP contribution in [0.2, 0.25) is 0 Å². The molecule has 0 aromatic carbocycles. The molecule has 0 aromatic heterocycles. The molecule has 2 rings (SSSR count). The predicted molar refractivity (Wildman–Crippen MR) is 62.2 cm³/mol. The van der Waals surface area contributed by atoms with Gasteiger partial charge in [0.1, 0.15) is 6.10 Å². The number of hydrogen-bond acceptors (Lipinski definition) is 3. The number of ether oxygens (including phenoxy) is 1. The summed E-state index contributed by atoms with van der Waals surface area (Å²) in [6, 6.07) is 1.20. The van der Waals surface area contributed by atoms with Crippen molar-refractivity contribution in [2.75, 3.05) is 20.2 Å². The second-order valence-corrected chi connectivity index (χ2v) is 4.93. The third kappa shape index (κ3) is 2.95. The summed E-state index contributed by atoms with van der Waals surface area (Å²) >= 11 is 0. The number of methoxy groups -OCH3 is 1. The van der Waals surface area contributed by atoms with Crippen LogP contribution in [0.4, 0.5) is 0 Å². The van der Waals surface area contributed by atoms with E-state index < -0.39 is 0 Å².